The van der Waals surface area contributed by atoms with E-state index in [1.165, 1.54) is 41.7 Å². The zero-order valence-corrected chi connectivity index (χ0v) is 10.9. The number of esters is 1. The van der Waals surface area contributed by atoms with Gasteiger partial charge in [-0.3, -0.25) is 10.1 Å². The molecular weight excluding hydrogens is 274 g/mol. The van der Waals surface area contributed by atoms with Gasteiger partial charge in [-0.25, -0.2) is 4.79 Å². The molecule has 0 radical (unpaired) electrons. The van der Waals surface area contributed by atoms with E-state index in [1.54, 1.807) is 0 Å². The predicted octanol–water partition coefficient (Wildman–Crippen LogP) is 2.54. The summed E-state index contributed by atoms with van der Waals surface area (Å²) >= 11 is 3.02. The Kier molecular flexibility index (Phi) is 2.74. The lowest BCUT2D eigenvalue weighted by atomic mass is 10.1. The molecule has 1 aromatic carbocycles. The lowest BCUT2D eigenvalue weighted by Crippen LogP contribution is -2.30. The van der Waals surface area contributed by atoms with Crippen molar-refractivity contribution < 1.29 is 14.5 Å². The lowest BCUT2D eigenvalue weighted by molar-refractivity contribution is -0.384. The number of rotatable bonds is 1. The minimum atomic E-state index is -0.792. The molecule has 0 aromatic heterocycles. The molecule has 1 aromatic rings. The molecule has 0 saturated carbocycles. The normalized spacial score (nSPS) is 20.6. The van der Waals surface area contributed by atoms with Crippen LogP contribution in [0.4, 0.5) is 5.69 Å². The number of nitrogens with zero attached hydrogens (tertiary/aromatic N) is 1. The van der Waals surface area contributed by atoms with Gasteiger partial charge >= 0.3 is 5.97 Å². The second-order valence-corrected chi connectivity index (χ2v) is 6.87. The highest BCUT2D eigenvalue weighted by atomic mass is 32.2. The number of ether oxygens (including phenoxy) is 1. The molecule has 1 fully saturated rings. The zero-order chi connectivity index (χ0) is 12.8. The van der Waals surface area contributed by atoms with Crippen molar-refractivity contribution in [2.24, 2.45) is 0 Å². The van der Waals surface area contributed by atoms with E-state index in [2.05, 4.69) is 0 Å². The molecule has 2 heterocycles. The van der Waals surface area contributed by atoms with Crippen LogP contribution < -0.4 is 4.74 Å². The molecule has 5 nitrogen and oxygen atoms in total. The standard InChI is InChI=1S/C11H9NO4S2/c13-10-11(17-4-1-5-18-11)8-6-7(12(14)15)2-3-9(8)16-10/h2-3,6H,1,4-5H2. The first-order chi connectivity index (χ1) is 8.63. The van der Waals surface area contributed by atoms with Crippen molar-refractivity contribution in [1.29, 1.82) is 0 Å². The highest BCUT2D eigenvalue weighted by Gasteiger charge is 2.52. The van der Waals surface area contributed by atoms with Gasteiger partial charge < -0.3 is 4.74 Å². The summed E-state index contributed by atoms with van der Waals surface area (Å²) in [6.07, 6.45) is 1.04. The smallest absolute Gasteiger partial charge is 0.342 e. The van der Waals surface area contributed by atoms with Crippen molar-refractivity contribution in [3.8, 4) is 5.75 Å². The fourth-order valence-electron chi connectivity index (χ4n) is 2.06. The van der Waals surface area contributed by atoms with Gasteiger partial charge in [0.05, 0.1) is 4.92 Å². The SMILES string of the molecule is O=C1Oc2ccc([N+](=O)[O-])cc2C12SCCCS2. The number of thioether (sulfide) groups is 2. The van der Waals surface area contributed by atoms with Crippen molar-refractivity contribution >= 4 is 35.2 Å². The first kappa shape index (κ1) is 11.9. The minimum absolute atomic E-state index is 0.00167. The molecule has 18 heavy (non-hydrogen) atoms. The third-order valence-corrected chi connectivity index (χ3v) is 6.18. The minimum Gasteiger partial charge on any atom is -0.424 e. The Morgan fingerprint density at radius 2 is 2.06 bits per heavy atom. The Balaban J connectivity index is 2.12. The Morgan fingerprint density at radius 1 is 1.33 bits per heavy atom. The van der Waals surface area contributed by atoms with E-state index in [1.807, 2.05) is 0 Å². The molecule has 0 aliphatic carbocycles. The van der Waals surface area contributed by atoms with E-state index >= 15 is 0 Å². The average molecular weight is 283 g/mol. The van der Waals surface area contributed by atoms with Gasteiger partial charge in [0.2, 0.25) is 0 Å². The molecule has 0 amide bonds. The molecule has 0 atom stereocenters. The van der Waals surface area contributed by atoms with Crippen LogP contribution in [0.25, 0.3) is 0 Å². The quantitative estimate of drug-likeness (QED) is 0.341. The first-order valence-electron chi connectivity index (χ1n) is 5.42. The second kappa shape index (κ2) is 4.17. The Labute approximate surface area is 111 Å². The topological polar surface area (TPSA) is 69.4 Å². The summed E-state index contributed by atoms with van der Waals surface area (Å²) in [7, 11) is 0. The number of benzene rings is 1. The number of nitro benzene ring substituents is 1. The van der Waals surface area contributed by atoms with E-state index < -0.39 is 9.00 Å². The van der Waals surface area contributed by atoms with Gasteiger partial charge in [0.1, 0.15) is 5.75 Å². The maximum absolute atomic E-state index is 12.1. The second-order valence-electron chi connectivity index (χ2n) is 3.99. The van der Waals surface area contributed by atoms with Gasteiger partial charge in [-0.05, 0) is 24.0 Å². The summed E-state index contributed by atoms with van der Waals surface area (Å²) in [5.74, 6) is 1.87. The Hall–Kier alpha value is -1.21. The van der Waals surface area contributed by atoms with Crippen LogP contribution in [-0.4, -0.2) is 22.4 Å². The van der Waals surface area contributed by atoms with Gasteiger partial charge in [-0.2, -0.15) is 0 Å². The molecule has 1 spiro atoms. The third-order valence-electron chi connectivity index (χ3n) is 2.90. The summed E-state index contributed by atoms with van der Waals surface area (Å²) in [6, 6.07) is 4.34. The lowest BCUT2D eigenvalue weighted by Gasteiger charge is -2.28. The van der Waals surface area contributed by atoms with E-state index in [9.17, 15) is 14.9 Å². The Bertz CT molecular complexity index is 540. The number of hydrogen-bond donors (Lipinski definition) is 0. The molecule has 2 aliphatic heterocycles. The number of hydrogen-bond acceptors (Lipinski definition) is 6. The van der Waals surface area contributed by atoms with Gasteiger partial charge in [0.15, 0.2) is 4.08 Å². The summed E-state index contributed by atoms with van der Waals surface area (Å²) < 4.78 is 4.44. The largest absolute Gasteiger partial charge is 0.424 e. The highest BCUT2D eigenvalue weighted by molar-refractivity contribution is 8.19. The van der Waals surface area contributed by atoms with Crippen molar-refractivity contribution in [3.63, 3.8) is 0 Å². The van der Waals surface area contributed by atoms with Crippen molar-refractivity contribution in [3.05, 3.63) is 33.9 Å². The van der Waals surface area contributed by atoms with Crippen LogP contribution in [0.3, 0.4) is 0 Å². The van der Waals surface area contributed by atoms with Gasteiger partial charge in [-0.15, -0.1) is 23.5 Å². The summed E-state index contributed by atoms with van der Waals surface area (Å²) in [4.78, 5) is 22.4. The first-order valence-corrected chi connectivity index (χ1v) is 7.40. The van der Waals surface area contributed by atoms with Crippen molar-refractivity contribution in [2.75, 3.05) is 11.5 Å². The summed E-state index contributed by atoms with van der Waals surface area (Å²) in [6.45, 7) is 0. The predicted molar refractivity (Wildman–Crippen MR) is 69.9 cm³/mol. The van der Waals surface area contributed by atoms with E-state index in [0.29, 0.717) is 11.3 Å². The van der Waals surface area contributed by atoms with Gasteiger partial charge in [0, 0.05) is 17.7 Å². The van der Waals surface area contributed by atoms with Crippen molar-refractivity contribution in [2.45, 2.75) is 10.5 Å². The maximum Gasteiger partial charge on any atom is 0.342 e. The number of fused-ring (bicyclic) bond motifs is 2. The van der Waals surface area contributed by atoms with Crippen LogP contribution in [0.1, 0.15) is 12.0 Å². The van der Waals surface area contributed by atoms with Crippen LogP contribution >= 0.6 is 23.5 Å². The molecule has 0 bridgehead atoms. The molecule has 7 heteroatoms. The highest BCUT2D eigenvalue weighted by Crippen LogP contribution is 2.57. The molecule has 94 valence electrons. The van der Waals surface area contributed by atoms with Crippen LogP contribution in [0.15, 0.2) is 18.2 Å². The van der Waals surface area contributed by atoms with E-state index in [-0.39, 0.29) is 11.7 Å². The average Bonchev–Trinajstić information content (AvgIpc) is 2.63. The third kappa shape index (κ3) is 1.61. The molecule has 3 rings (SSSR count). The van der Waals surface area contributed by atoms with Crippen LogP contribution in [-0.2, 0) is 8.87 Å². The Morgan fingerprint density at radius 3 is 2.72 bits per heavy atom. The maximum atomic E-state index is 12.1. The summed E-state index contributed by atoms with van der Waals surface area (Å²) in [5, 5.41) is 10.8. The molecule has 1 saturated heterocycles. The van der Waals surface area contributed by atoms with E-state index in [0.717, 1.165) is 17.9 Å². The zero-order valence-electron chi connectivity index (χ0n) is 9.25. The monoisotopic (exact) mass is 283 g/mol. The van der Waals surface area contributed by atoms with E-state index in [4.69, 9.17) is 4.74 Å². The fraction of sp³-hybridized carbons (Fsp3) is 0.364. The number of nitro groups is 1. The van der Waals surface area contributed by atoms with Gasteiger partial charge in [-0.1, -0.05) is 0 Å². The fourth-order valence-corrected chi connectivity index (χ4v) is 5.18. The number of non-ortho nitro benzene ring substituents is 1. The van der Waals surface area contributed by atoms with Gasteiger partial charge in [0.25, 0.3) is 5.69 Å². The molecular formula is C11H9NO4S2. The molecule has 0 unspecified atom stereocenters. The summed E-state index contributed by atoms with van der Waals surface area (Å²) in [5.41, 5.74) is 0.634. The van der Waals surface area contributed by atoms with Crippen molar-refractivity contribution in [1.82, 2.24) is 0 Å². The molecule has 0 N–H and O–H groups in total. The van der Waals surface area contributed by atoms with Crippen LogP contribution in [0.2, 0.25) is 0 Å². The van der Waals surface area contributed by atoms with Crippen LogP contribution in [0, 0.1) is 10.1 Å². The number of carbonyl (C=O) groups is 1. The number of carbonyl (C=O) groups excluding carboxylic acids is 1. The van der Waals surface area contributed by atoms with Crippen LogP contribution in [0.5, 0.6) is 5.75 Å². The molecule has 2 aliphatic rings.